The van der Waals surface area contributed by atoms with E-state index in [1.54, 1.807) is 23.9 Å². The van der Waals surface area contributed by atoms with Crippen molar-refractivity contribution in [1.82, 2.24) is 9.80 Å². The first-order chi connectivity index (χ1) is 7.52. The normalized spacial score (nSPS) is 32.7. The largest absolute Gasteiger partial charge is 0.376 e. The van der Waals surface area contributed by atoms with Crippen LogP contribution in [0.1, 0.15) is 19.8 Å². The minimum Gasteiger partial charge on any atom is -0.376 e. The minimum atomic E-state index is -0.331. The Morgan fingerprint density at radius 1 is 1.38 bits per heavy atom. The maximum Gasteiger partial charge on any atom is 0.244 e. The quantitative estimate of drug-likeness (QED) is 0.625. The fourth-order valence-corrected chi connectivity index (χ4v) is 2.72. The predicted molar refractivity (Wildman–Crippen MR) is 57.8 cm³/mol. The highest BCUT2D eigenvalue weighted by Crippen LogP contribution is 2.34. The molecule has 0 unspecified atom stereocenters. The van der Waals surface area contributed by atoms with Crippen LogP contribution in [0.15, 0.2) is 0 Å². The molecule has 0 radical (unpaired) electrons. The van der Waals surface area contributed by atoms with Crippen LogP contribution in [0, 0.1) is 0 Å². The summed E-state index contributed by atoms with van der Waals surface area (Å²) in [7, 11) is 3.44. The lowest BCUT2D eigenvalue weighted by Gasteiger charge is -2.28. The third-order valence-corrected chi connectivity index (χ3v) is 3.41. The second-order valence-electron chi connectivity index (χ2n) is 4.68. The summed E-state index contributed by atoms with van der Waals surface area (Å²) in [5.74, 6) is -0.0357. The van der Waals surface area contributed by atoms with E-state index in [0.29, 0.717) is 13.0 Å². The molecule has 0 spiro atoms. The topological polar surface area (TPSA) is 49.9 Å². The zero-order valence-electron chi connectivity index (χ0n) is 9.97. The molecule has 2 saturated heterocycles. The Hall–Kier alpha value is -1.10. The number of hydrogen-bond acceptors (Lipinski definition) is 3. The summed E-state index contributed by atoms with van der Waals surface area (Å²) < 4.78 is 5.55. The average Bonchev–Trinajstić information content (AvgIpc) is 2.73. The predicted octanol–water partition coefficient (Wildman–Crippen LogP) is -0.147. The monoisotopic (exact) mass is 226 g/mol. The summed E-state index contributed by atoms with van der Waals surface area (Å²) in [4.78, 5) is 26.8. The van der Waals surface area contributed by atoms with Gasteiger partial charge in [0.2, 0.25) is 11.8 Å². The molecule has 2 rings (SSSR count). The van der Waals surface area contributed by atoms with Crippen molar-refractivity contribution in [3.05, 3.63) is 0 Å². The van der Waals surface area contributed by atoms with Crippen molar-refractivity contribution >= 4 is 11.8 Å². The highest BCUT2D eigenvalue weighted by molar-refractivity contribution is 5.87. The Morgan fingerprint density at radius 2 is 2.06 bits per heavy atom. The van der Waals surface area contributed by atoms with Crippen molar-refractivity contribution in [1.29, 1.82) is 0 Å². The molecule has 16 heavy (non-hydrogen) atoms. The van der Waals surface area contributed by atoms with E-state index in [4.69, 9.17) is 4.74 Å². The van der Waals surface area contributed by atoms with Gasteiger partial charge in [0.25, 0.3) is 0 Å². The first-order valence-corrected chi connectivity index (χ1v) is 5.64. The molecule has 2 heterocycles. The molecule has 0 bridgehead atoms. The van der Waals surface area contributed by atoms with Crippen molar-refractivity contribution in [3.8, 4) is 0 Å². The van der Waals surface area contributed by atoms with E-state index in [1.807, 2.05) is 0 Å². The Kier molecular flexibility index (Phi) is 2.88. The summed E-state index contributed by atoms with van der Waals surface area (Å²) in [6.07, 6.45) is 1.54. The number of carbonyl (C=O) groups excluding carboxylic acids is 2. The second-order valence-corrected chi connectivity index (χ2v) is 4.68. The number of amides is 2. The molecule has 0 saturated carbocycles. The van der Waals surface area contributed by atoms with Gasteiger partial charge in [0.1, 0.15) is 6.04 Å². The van der Waals surface area contributed by atoms with Gasteiger partial charge >= 0.3 is 0 Å². The molecule has 0 aromatic carbocycles. The number of likely N-dealkylation sites (N-methyl/N-ethyl adjacent to an activating group) is 1. The molecule has 2 fully saturated rings. The summed E-state index contributed by atoms with van der Waals surface area (Å²) in [5, 5.41) is 0. The van der Waals surface area contributed by atoms with Crippen molar-refractivity contribution in [2.24, 2.45) is 0 Å². The van der Waals surface area contributed by atoms with E-state index < -0.39 is 0 Å². The maximum atomic E-state index is 12.0. The lowest BCUT2D eigenvalue weighted by atomic mass is 10.1. The standard InChI is InChI=1S/C11H18N2O3/c1-7(14)13-8-4-5-16-10(8)6-9(13)11(15)12(2)3/h8-10H,4-6H2,1-3H3/t8-,9-,10-/m0/s1. The molecule has 2 aliphatic heterocycles. The number of nitrogens with zero attached hydrogens (tertiary/aromatic N) is 2. The van der Waals surface area contributed by atoms with Crippen LogP contribution >= 0.6 is 0 Å². The number of hydrogen-bond donors (Lipinski definition) is 0. The van der Waals surface area contributed by atoms with Crippen LogP contribution < -0.4 is 0 Å². The number of likely N-dealkylation sites (tertiary alicyclic amines) is 1. The first-order valence-electron chi connectivity index (χ1n) is 5.64. The van der Waals surface area contributed by atoms with E-state index in [0.717, 1.165) is 6.42 Å². The Bertz CT molecular complexity index is 316. The van der Waals surface area contributed by atoms with E-state index in [9.17, 15) is 9.59 Å². The van der Waals surface area contributed by atoms with Gasteiger partial charge in [0.15, 0.2) is 0 Å². The molecule has 2 amide bonds. The van der Waals surface area contributed by atoms with Gasteiger partial charge < -0.3 is 14.5 Å². The van der Waals surface area contributed by atoms with Crippen molar-refractivity contribution < 1.29 is 14.3 Å². The van der Waals surface area contributed by atoms with Gasteiger partial charge in [-0.15, -0.1) is 0 Å². The highest BCUT2D eigenvalue weighted by atomic mass is 16.5. The van der Waals surface area contributed by atoms with Crippen LogP contribution in [0.3, 0.4) is 0 Å². The number of ether oxygens (including phenoxy) is 1. The first kappa shape index (κ1) is 11.4. The zero-order valence-corrected chi connectivity index (χ0v) is 9.97. The SMILES string of the molecule is CC(=O)N1[C@H](C(=O)N(C)C)C[C@@H]2OCC[C@@H]21. The summed E-state index contributed by atoms with van der Waals surface area (Å²) in [6.45, 7) is 2.22. The van der Waals surface area contributed by atoms with Crippen LogP contribution in [0.2, 0.25) is 0 Å². The summed E-state index contributed by atoms with van der Waals surface area (Å²) in [6, 6.07) is -0.228. The Morgan fingerprint density at radius 3 is 2.62 bits per heavy atom. The third-order valence-electron chi connectivity index (χ3n) is 3.41. The Labute approximate surface area is 95.3 Å². The average molecular weight is 226 g/mol. The molecule has 0 aromatic heterocycles. The zero-order chi connectivity index (χ0) is 11.9. The van der Waals surface area contributed by atoms with Crippen molar-refractivity contribution in [2.45, 2.75) is 38.0 Å². The van der Waals surface area contributed by atoms with Gasteiger partial charge in [-0.3, -0.25) is 9.59 Å². The molecule has 3 atom stereocenters. The van der Waals surface area contributed by atoms with Crippen LogP contribution in [-0.2, 0) is 14.3 Å². The molecule has 90 valence electrons. The van der Waals surface area contributed by atoms with Crippen molar-refractivity contribution in [2.75, 3.05) is 20.7 Å². The lowest BCUT2D eigenvalue weighted by Crippen LogP contribution is -2.47. The van der Waals surface area contributed by atoms with Gasteiger partial charge in [-0.2, -0.15) is 0 Å². The van der Waals surface area contributed by atoms with E-state index >= 15 is 0 Å². The van der Waals surface area contributed by atoms with Crippen molar-refractivity contribution in [3.63, 3.8) is 0 Å². The maximum absolute atomic E-state index is 12.0. The number of rotatable bonds is 1. The molecule has 5 heteroatoms. The molecule has 0 aliphatic carbocycles. The van der Waals surface area contributed by atoms with Gasteiger partial charge in [-0.1, -0.05) is 0 Å². The smallest absolute Gasteiger partial charge is 0.244 e. The van der Waals surface area contributed by atoms with Gasteiger partial charge in [0, 0.05) is 34.0 Å². The summed E-state index contributed by atoms with van der Waals surface area (Å²) in [5.41, 5.74) is 0. The fourth-order valence-electron chi connectivity index (χ4n) is 2.72. The summed E-state index contributed by atoms with van der Waals surface area (Å²) >= 11 is 0. The van der Waals surface area contributed by atoms with E-state index in [-0.39, 0.29) is 30.0 Å². The molecule has 2 aliphatic rings. The van der Waals surface area contributed by atoms with Gasteiger partial charge in [-0.05, 0) is 6.42 Å². The number of fused-ring (bicyclic) bond motifs is 1. The van der Waals surface area contributed by atoms with Crippen LogP contribution in [0.25, 0.3) is 0 Å². The highest BCUT2D eigenvalue weighted by Gasteiger charge is 2.48. The van der Waals surface area contributed by atoms with E-state index in [2.05, 4.69) is 0 Å². The molecule has 5 nitrogen and oxygen atoms in total. The van der Waals surface area contributed by atoms with Crippen LogP contribution in [0.4, 0.5) is 0 Å². The van der Waals surface area contributed by atoms with Gasteiger partial charge in [0.05, 0.1) is 12.1 Å². The number of carbonyl (C=O) groups is 2. The molecular weight excluding hydrogens is 208 g/mol. The molecular formula is C11H18N2O3. The van der Waals surface area contributed by atoms with E-state index in [1.165, 1.54) is 6.92 Å². The third kappa shape index (κ3) is 1.69. The van der Waals surface area contributed by atoms with Gasteiger partial charge in [-0.25, -0.2) is 0 Å². The molecule has 0 N–H and O–H groups in total. The second kappa shape index (κ2) is 4.05. The lowest BCUT2D eigenvalue weighted by molar-refractivity contribution is -0.142. The van der Waals surface area contributed by atoms with Crippen LogP contribution in [-0.4, -0.2) is 60.5 Å². The minimum absolute atomic E-state index is 0.00630. The Balaban J connectivity index is 2.20. The molecule has 0 aromatic rings. The fraction of sp³-hybridized carbons (Fsp3) is 0.818. The van der Waals surface area contributed by atoms with Crippen LogP contribution in [0.5, 0.6) is 0 Å².